The van der Waals surface area contributed by atoms with Gasteiger partial charge >= 0.3 is 0 Å². The summed E-state index contributed by atoms with van der Waals surface area (Å²) in [5.74, 6) is 1.51. The van der Waals surface area contributed by atoms with E-state index in [1.165, 1.54) is 5.56 Å². The van der Waals surface area contributed by atoms with Crippen molar-refractivity contribution in [3.8, 4) is 5.75 Å². The van der Waals surface area contributed by atoms with E-state index in [2.05, 4.69) is 40.8 Å². The average molecular weight is 415 g/mol. The van der Waals surface area contributed by atoms with E-state index in [0.29, 0.717) is 30.1 Å². The first-order chi connectivity index (χ1) is 13.6. The van der Waals surface area contributed by atoms with Crippen molar-refractivity contribution in [1.29, 1.82) is 0 Å². The van der Waals surface area contributed by atoms with Crippen LogP contribution in [0.4, 0.5) is 0 Å². The molecule has 0 saturated heterocycles. The Morgan fingerprint density at radius 3 is 2.57 bits per heavy atom. The van der Waals surface area contributed by atoms with E-state index in [0.717, 1.165) is 30.0 Å². The highest BCUT2D eigenvalue weighted by Crippen LogP contribution is 2.36. The van der Waals surface area contributed by atoms with Gasteiger partial charge < -0.3 is 4.74 Å². The highest BCUT2D eigenvalue weighted by atomic mass is 35.5. The lowest BCUT2D eigenvalue weighted by Crippen LogP contribution is -2.22. The summed E-state index contributed by atoms with van der Waals surface area (Å²) >= 11 is 11.9. The zero-order chi connectivity index (χ0) is 19.5. The molecule has 4 rings (SSSR count). The van der Waals surface area contributed by atoms with Gasteiger partial charge in [-0.2, -0.15) is 5.10 Å². The zero-order valence-electron chi connectivity index (χ0n) is 15.8. The number of para-hydroxylation sites is 1. The fourth-order valence-corrected chi connectivity index (χ4v) is 3.78. The van der Waals surface area contributed by atoms with Crippen LogP contribution in [0.1, 0.15) is 30.3 Å². The van der Waals surface area contributed by atoms with E-state index in [9.17, 15) is 0 Å². The second kappa shape index (κ2) is 8.47. The SMILES string of the molecule is CN(Cc1ccccc1)Cn1nc(COc2ccccc2Cl)n(C2CC2)c1=S. The molecule has 1 heterocycles. The standard InChI is InChI=1S/C21H23ClN4OS/c1-24(13-16-7-3-2-4-8-16)15-25-21(28)26(17-11-12-17)20(23-25)14-27-19-10-6-5-9-18(19)22/h2-10,17H,11-15H2,1H3. The maximum Gasteiger partial charge on any atom is 0.199 e. The van der Waals surface area contributed by atoms with Crippen LogP contribution in [0.2, 0.25) is 5.02 Å². The maximum atomic E-state index is 6.20. The van der Waals surface area contributed by atoms with Crippen molar-refractivity contribution < 1.29 is 4.74 Å². The summed E-state index contributed by atoms with van der Waals surface area (Å²) in [6.45, 7) is 1.82. The molecule has 2 aromatic carbocycles. The summed E-state index contributed by atoms with van der Waals surface area (Å²) in [5, 5.41) is 5.36. The van der Waals surface area contributed by atoms with Crippen molar-refractivity contribution in [2.75, 3.05) is 7.05 Å². The van der Waals surface area contributed by atoms with Gasteiger partial charge in [-0.15, -0.1) is 0 Å². The molecular weight excluding hydrogens is 392 g/mol. The monoisotopic (exact) mass is 414 g/mol. The molecule has 5 nitrogen and oxygen atoms in total. The molecule has 7 heteroatoms. The fraction of sp³-hybridized carbons (Fsp3) is 0.333. The predicted molar refractivity (Wildman–Crippen MR) is 113 cm³/mol. The molecule has 0 unspecified atom stereocenters. The number of ether oxygens (including phenoxy) is 1. The van der Waals surface area contributed by atoms with E-state index in [1.807, 2.05) is 35.0 Å². The van der Waals surface area contributed by atoms with Crippen LogP contribution in [0.3, 0.4) is 0 Å². The minimum atomic E-state index is 0.347. The Bertz CT molecular complexity index is 997. The molecule has 1 aliphatic rings. The van der Waals surface area contributed by atoms with Gasteiger partial charge in [-0.1, -0.05) is 54.1 Å². The van der Waals surface area contributed by atoms with Crippen LogP contribution in [-0.4, -0.2) is 26.3 Å². The Kier molecular flexibility index (Phi) is 5.80. The number of nitrogens with zero attached hydrogens (tertiary/aromatic N) is 4. The van der Waals surface area contributed by atoms with Gasteiger partial charge in [0, 0.05) is 12.6 Å². The summed E-state index contributed by atoms with van der Waals surface area (Å²) < 4.78 is 10.7. The van der Waals surface area contributed by atoms with Crippen LogP contribution >= 0.6 is 23.8 Å². The molecule has 146 valence electrons. The van der Waals surface area contributed by atoms with Crippen LogP contribution < -0.4 is 4.74 Å². The van der Waals surface area contributed by atoms with Crippen molar-refractivity contribution in [3.63, 3.8) is 0 Å². The van der Waals surface area contributed by atoms with Gasteiger partial charge in [0.1, 0.15) is 12.4 Å². The van der Waals surface area contributed by atoms with Gasteiger partial charge in [-0.3, -0.25) is 9.47 Å². The quantitative estimate of drug-likeness (QED) is 0.482. The second-order valence-corrected chi connectivity index (χ2v) is 7.93. The molecule has 1 saturated carbocycles. The lowest BCUT2D eigenvalue weighted by atomic mass is 10.2. The largest absolute Gasteiger partial charge is 0.484 e. The first-order valence-electron chi connectivity index (χ1n) is 9.40. The van der Waals surface area contributed by atoms with E-state index >= 15 is 0 Å². The molecule has 3 aromatic rings. The van der Waals surface area contributed by atoms with Crippen molar-refractivity contribution >= 4 is 23.8 Å². The Morgan fingerprint density at radius 1 is 1.14 bits per heavy atom. The zero-order valence-corrected chi connectivity index (χ0v) is 17.4. The molecule has 0 atom stereocenters. The summed E-state index contributed by atoms with van der Waals surface area (Å²) in [5.41, 5.74) is 1.26. The number of hydrogen-bond acceptors (Lipinski definition) is 4. The normalized spacial score (nSPS) is 13.8. The van der Waals surface area contributed by atoms with Crippen molar-refractivity contribution in [3.05, 3.63) is 75.8 Å². The minimum absolute atomic E-state index is 0.347. The van der Waals surface area contributed by atoms with Crippen LogP contribution in [0.5, 0.6) is 5.75 Å². The summed E-state index contributed by atoms with van der Waals surface area (Å²) in [6, 6.07) is 18.3. The van der Waals surface area contributed by atoms with Gasteiger partial charge in [-0.05, 0) is 49.8 Å². The van der Waals surface area contributed by atoms with Crippen LogP contribution in [0, 0.1) is 4.77 Å². The molecule has 0 bridgehead atoms. The number of halogens is 1. The third-order valence-corrected chi connectivity index (χ3v) is 5.44. The summed E-state index contributed by atoms with van der Waals surface area (Å²) in [6.07, 6.45) is 2.28. The molecule has 0 spiro atoms. The van der Waals surface area contributed by atoms with Gasteiger partial charge in [-0.25, -0.2) is 4.68 Å². The smallest absolute Gasteiger partial charge is 0.199 e. The van der Waals surface area contributed by atoms with Gasteiger partial charge in [0.2, 0.25) is 0 Å². The van der Waals surface area contributed by atoms with Crippen molar-refractivity contribution in [2.24, 2.45) is 0 Å². The van der Waals surface area contributed by atoms with E-state index in [4.69, 9.17) is 33.7 Å². The highest BCUT2D eigenvalue weighted by molar-refractivity contribution is 7.71. The van der Waals surface area contributed by atoms with Crippen molar-refractivity contribution in [1.82, 2.24) is 19.2 Å². The lowest BCUT2D eigenvalue weighted by molar-refractivity contribution is 0.241. The Morgan fingerprint density at radius 2 is 1.86 bits per heavy atom. The van der Waals surface area contributed by atoms with Crippen LogP contribution in [0.15, 0.2) is 54.6 Å². The summed E-state index contributed by atoms with van der Waals surface area (Å²) in [7, 11) is 2.07. The highest BCUT2D eigenvalue weighted by Gasteiger charge is 2.29. The fourth-order valence-electron chi connectivity index (χ4n) is 3.23. The molecule has 0 aliphatic heterocycles. The maximum absolute atomic E-state index is 6.20. The lowest BCUT2D eigenvalue weighted by Gasteiger charge is -2.16. The first kappa shape index (κ1) is 19.2. The third-order valence-electron chi connectivity index (χ3n) is 4.72. The second-order valence-electron chi connectivity index (χ2n) is 7.16. The first-order valence-corrected chi connectivity index (χ1v) is 10.2. The topological polar surface area (TPSA) is 35.2 Å². The molecule has 1 fully saturated rings. The Labute approximate surface area is 175 Å². The molecule has 1 aromatic heterocycles. The van der Waals surface area contributed by atoms with E-state index < -0.39 is 0 Å². The van der Waals surface area contributed by atoms with Crippen LogP contribution in [-0.2, 0) is 19.8 Å². The molecule has 0 N–H and O–H groups in total. The predicted octanol–water partition coefficient (Wildman–Crippen LogP) is 5.07. The Balaban J connectivity index is 1.50. The molecule has 0 radical (unpaired) electrons. The number of rotatable bonds is 8. The molecule has 1 aliphatic carbocycles. The van der Waals surface area contributed by atoms with Crippen molar-refractivity contribution in [2.45, 2.75) is 38.7 Å². The third kappa shape index (κ3) is 4.46. The molecule has 0 amide bonds. The molecule has 28 heavy (non-hydrogen) atoms. The Hall–Kier alpha value is -2.15. The summed E-state index contributed by atoms with van der Waals surface area (Å²) in [4.78, 5) is 2.20. The van der Waals surface area contributed by atoms with Gasteiger partial charge in [0.05, 0.1) is 11.7 Å². The minimum Gasteiger partial charge on any atom is -0.484 e. The number of aromatic nitrogens is 3. The number of benzene rings is 2. The average Bonchev–Trinajstić information content (AvgIpc) is 3.47. The van der Waals surface area contributed by atoms with Crippen LogP contribution in [0.25, 0.3) is 0 Å². The van der Waals surface area contributed by atoms with E-state index in [1.54, 1.807) is 0 Å². The molecular formula is C21H23ClN4OS. The van der Waals surface area contributed by atoms with Gasteiger partial charge in [0.15, 0.2) is 10.6 Å². The van der Waals surface area contributed by atoms with Gasteiger partial charge in [0.25, 0.3) is 0 Å². The number of hydrogen-bond donors (Lipinski definition) is 0. The van der Waals surface area contributed by atoms with E-state index in [-0.39, 0.29) is 0 Å².